The molecule has 0 atom stereocenters. The lowest BCUT2D eigenvalue weighted by atomic mass is 10.1. The lowest BCUT2D eigenvalue weighted by Gasteiger charge is -2.05. The number of nitrogens with zero attached hydrogens (tertiary/aromatic N) is 1. The van der Waals surface area contributed by atoms with E-state index in [0.717, 1.165) is 11.3 Å². The predicted octanol–water partition coefficient (Wildman–Crippen LogP) is 4.32. The van der Waals surface area contributed by atoms with E-state index < -0.39 is 0 Å². The number of hydrogen-bond acceptors (Lipinski definition) is 3. The van der Waals surface area contributed by atoms with Crippen LogP contribution in [0.3, 0.4) is 0 Å². The maximum atomic E-state index is 11.8. The zero-order valence-corrected chi connectivity index (χ0v) is 12.9. The van der Waals surface area contributed by atoms with Crippen molar-refractivity contribution < 1.29 is 9.32 Å². The summed E-state index contributed by atoms with van der Waals surface area (Å²) < 4.78 is 5.23. The van der Waals surface area contributed by atoms with Crippen LogP contribution in [0.25, 0.3) is 11.3 Å². The molecule has 0 aliphatic rings. The van der Waals surface area contributed by atoms with E-state index in [1.54, 1.807) is 30.3 Å². The number of amides is 2. The molecule has 0 bridgehead atoms. The van der Waals surface area contributed by atoms with Crippen LogP contribution in [0.15, 0.2) is 65.2 Å². The van der Waals surface area contributed by atoms with Crippen LogP contribution >= 0.6 is 11.6 Å². The summed E-state index contributed by atoms with van der Waals surface area (Å²) in [5.74, 6) is 0.579. The monoisotopic (exact) mass is 327 g/mol. The SMILES string of the molecule is O=C(NCc1cc(-c2ccccc2)no1)Nc1ccc(Cl)cc1. The third-order valence-corrected chi connectivity index (χ3v) is 3.41. The van der Waals surface area contributed by atoms with Gasteiger partial charge in [-0.15, -0.1) is 0 Å². The van der Waals surface area contributed by atoms with Crippen molar-refractivity contribution in [2.75, 3.05) is 5.32 Å². The van der Waals surface area contributed by atoms with Gasteiger partial charge in [-0.3, -0.25) is 0 Å². The molecule has 0 saturated heterocycles. The summed E-state index contributed by atoms with van der Waals surface area (Å²) in [6, 6.07) is 18.0. The smallest absolute Gasteiger partial charge is 0.319 e. The van der Waals surface area contributed by atoms with Gasteiger partial charge in [0.1, 0.15) is 5.69 Å². The van der Waals surface area contributed by atoms with Crippen LogP contribution < -0.4 is 10.6 Å². The summed E-state index contributed by atoms with van der Waals surface area (Å²) in [6.07, 6.45) is 0. The average molecular weight is 328 g/mol. The summed E-state index contributed by atoms with van der Waals surface area (Å²) in [5.41, 5.74) is 2.36. The maximum absolute atomic E-state index is 11.8. The van der Waals surface area contributed by atoms with Gasteiger partial charge < -0.3 is 15.2 Å². The first-order chi connectivity index (χ1) is 11.2. The number of aromatic nitrogens is 1. The molecule has 2 aromatic carbocycles. The normalized spacial score (nSPS) is 10.3. The Balaban J connectivity index is 1.55. The Labute approximate surface area is 138 Å². The van der Waals surface area contributed by atoms with Crippen molar-refractivity contribution in [3.05, 3.63) is 71.4 Å². The molecule has 0 fully saturated rings. The molecule has 2 amide bonds. The van der Waals surface area contributed by atoms with Crippen LogP contribution in [0.1, 0.15) is 5.76 Å². The third kappa shape index (κ3) is 4.11. The number of halogens is 1. The maximum Gasteiger partial charge on any atom is 0.319 e. The lowest BCUT2D eigenvalue weighted by Crippen LogP contribution is -2.27. The van der Waals surface area contributed by atoms with Crippen molar-refractivity contribution in [3.8, 4) is 11.3 Å². The largest absolute Gasteiger partial charge is 0.359 e. The van der Waals surface area contributed by atoms with Crippen molar-refractivity contribution in [2.24, 2.45) is 0 Å². The summed E-state index contributed by atoms with van der Waals surface area (Å²) in [7, 11) is 0. The van der Waals surface area contributed by atoms with Crippen LogP contribution in [0, 0.1) is 0 Å². The zero-order chi connectivity index (χ0) is 16.1. The van der Waals surface area contributed by atoms with Crippen LogP contribution in [-0.2, 0) is 6.54 Å². The zero-order valence-electron chi connectivity index (χ0n) is 12.1. The topological polar surface area (TPSA) is 67.2 Å². The second-order valence-electron chi connectivity index (χ2n) is 4.86. The van der Waals surface area contributed by atoms with Crippen molar-refractivity contribution in [1.82, 2.24) is 10.5 Å². The number of urea groups is 1. The van der Waals surface area contributed by atoms with Gasteiger partial charge in [0.15, 0.2) is 5.76 Å². The van der Waals surface area contributed by atoms with Gasteiger partial charge in [0, 0.05) is 22.3 Å². The molecular weight excluding hydrogens is 314 g/mol. The average Bonchev–Trinajstić information content (AvgIpc) is 3.05. The van der Waals surface area contributed by atoms with E-state index in [1.165, 1.54) is 0 Å². The third-order valence-electron chi connectivity index (χ3n) is 3.15. The highest BCUT2D eigenvalue weighted by molar-refractivity contribution is 6.30. The fourth-order valence-electron chi connectivity index (χ4n) is 2.02. The molecular formula is C17H14ClN3O2. The standard InChI is InChI=1S/C17H14ClN3O2/c18-13-6-8-14(9-7-13)20-17(22)19-11-15-10-16(21-23-15)12-4-2-1-3-5-12/h1-10H,11H2,(H2,19,20,22). The van der Waals surface area contributed by atoms with Crippen LogP contribution in [0.4, 0.5) is 10.5 Å². The minimum absolute atomic E-state index is 0.249. The van der Waals surface area contributed by atoms with Crippen molar-refractivity contribution in [2.45, 2.75) is 6.54 Å². The summed E-state index contributed by atoms with van der Waals surface area (Å²) in [5, 5.41) is 10.0. The fraction of sp³-hybridized carbons (Fsp3) is 0.0588. The molecule has 3 rings (SSSR count). The summed E-state index contributed by atoms with van der Waals surface area (Å²) in [4.78, 5) is 11.8. The highest BCUT2D eigenvalue weighted by Gasteiger charge is 2.08. The molecule has 116 valence electrons. The fourth-order valence-corrected chi connectivity index (χ4v) is 2.14. The van der Waals surface area contributed by atoms with Crippen molar-refractivity contribution in [1.29, 1.82) is 0 Å². The second kappa shape index (κ2) is 6.98. The highest BCUT2D eigenvalue weighted by atomic mass is 35.5. The van der Waals surface area contributed by atoms with E-state index in [4.69, 9.17) is 16.1 Å². The molecule has 1 heterocycles. The van der Waals surface area contributed by atoms with Crippen molar-refractivity contribution >= 4 is 23.3 Å². The minimum Gasteiger partial charge on any atom is -0.359 e. The number of benzene rings is 2. The van der Waals surface area contributed by atoms with Gasteiger partial charge in [0.2, 0.25) is 0 Å². The molecule has 0 aliphatic heterocycles. The lowest BCUT2D eigenvalue weighted by molar-refractivity contribution is 0.250. The summed E-state index contributed by atoms with van der Waals surface area (Å²) in [6.45, 7) is 0.249. The first kappa shape index (κ1) is 15.1. The van der Waals surface area contributed by atoms with Gasteiger partial charge >= 0.3 is 6.03 Å². The molecule has 0 aliphatic carbocycles. The quantitative estimate of drug-likeness (QED) is 0.750. The molecule has 2 N–H and O–H groups in total. The van der Waals surface area contributed by atoms with Gasteiger partial charge in [0.05, 0.1) is 6.54 Å². The molecule has 0 radical (unpaired) electrons. The van der Waals surface area contributed by atoms with E-state index in [1.807, 2.05) is 30.3 Å². The first-order valence-corrected chi connectivity index (χ1v) is 7.40. The highest BCUT2D eigenvalue weighted by Crippen LogP contribution is 2.18. The second-order valence-corrected chi connectivity index (χ2v) is 5.30. The minimum atomic E-state index is -0.329. The van der Waals surface area contributed by atoms with Gasteiger partial charge in [-0.2, -0.15) is 0 Å². The Bertz CT molecular complexity index is 785. The number of carbonyl (C=O) groups is 1. The molecule has 0 saturated carbocycles. The molecule has 0 spiro atoms. The van der Waals surface area contributed by atoms with Crippen LogP contribution in [0.2, 0.25) is 5.02 Å². The van der Waals surface area contributed by atoms with E-state index >= 15 is 0 Å². The number of hydrogen-bond donors (Lipinski definition) is 2. The number of carbonyl (C=O) groups excluding carboxylic acids is 1. The van der Waals surface area contributed by atoms with Gasteiger partial charge in [-0.1, -0.05) is 47.1 Å². The molecule has 1 aromatic heterocycles. The number of rotatable bonds is 4. The Morgan fingerprint density at radius 1 is 1.09 bits per heavy atom. The Morgan fingerprint density at radius 3 is 2.57 bits per heavy atom. The molecule has 6 heteroatoms. The van der Waals surface area contributed by atoms with Gasteiger partial charge in [-0.25, -0.2) is 4.79 Å². The molecule has 0 unspecified atom stereocenters. The van der Waals surface area contributed by atoms with Gasteiger partial charge in [-0.05, 0) is 24.3 Å². The van der Waals surface area contributed by atoms with Gasteiger partial charge in [0.25, 0.3) is 0 Å². The Kier molecular flexibility index (Phi) is 4.59. The van der Waals surface area contributed by atoms with Crippen LogP contribution in [-0.4, -0.2) is 11.2 Å². The summed E-state index contributed by atoms with van der Waals surface area (Å²) >= 11 is 5.79. The predicted molar refractivity (Wildman–Crippen MR) is 89.2 cm³/mol. The van der Waals surface area contributed by atoms with Crippen molar-refractivity contribution in [3.63, 3.8) is 0 Å². The Morgan fingerprint density at radius 2 is 1.83 bits per heavy atom. The Hall–Kier alpha value is -2.79. The number of anilines is 1. The molecule has 23 heavy (non-hydrogen) atoms. The van der Waals surface area contributed by atoms with E-state index in [9.17, 15) is 4.79 Å². The first-order valence-electron chi connectivity index (χ1n) is 7.02. The van der Waals surface area contributed by atoms with Crippen LogP contribution in [0.5, 0.6) is 0 Å². The van der Waals surface area contributed by atoms with E-state index in [-0.39, 0.29) is 12.6 Å². The van der Waals surface area contributed by atoms with E-state index in [0.29, 0.717) is 16.5 Å². The molecule has 3 aromatic rings. The molecule has 5 nitrogen and oxygen atoms in total. The van der Waals surface area contributed by atoms with E-state index in [2.05, 4.69) is 15.8 Å². The number of nitrogens with one attached hydrogen (secondary N) is 2.